The molecule has 0 bridgehead atoms. The summed E-state index contributed by atoms with van der Waals surface area (Å²) in [5, 5.41) is 10.5. The molecule has 1 aromatic heterocycles. The van der Waals surface area contributed by atoms with Gasteiger partial charge in [-0.2, -0.15) is 0 Å². The minimum absolute atomic E-state index is 0.0285. The second kappa shape index (κ2) is 5.39. The van der Waals surface area contributed by atoms with Crippen LogP contribution in [0.5, 0.6) is 0 Å². The van der Waals surface area contributed by atoms with E-state index in [0.717, 1.165) is 11.0 Å². The Balaban J connectivity index is 2.82. The number of aliphatic hydroxyl groups excluding tert-OH is 1. The molecule has 0 amide bonds. The molecule has 1 N–H and O–H groups in total. The van der Waals surface area contributed by atoms with Gasteiger partial charge in [0.25, 0.3) is 0 Å². The molecule has 0 saturated heterocycles. The normalized spacial score (nSPS) is 13.1. The number of fused-ring (bicyclic) bond motifs is 1. The molecule has 0 aliphatic carbocycles. The van der Waals surface area contributed by atoms with Crippen molar-refractivity contribution in [1.82, 2.24) is 9.13 Å². The van der Waals surface area contributed by atoms with Crippen LogP contribution >= 0.6 is 11.6 Å². The van der Waals surface area contributed by atoms with Gasteiger partial charge in [-0.3, -0.25) is 9.13 Å². The number of aryl methyl sites for hydroxylation is 2. The molecule has 2 aromatic rings. The summed E-state index contributed by atoms with van der Waals surface area (Å²) in [7, 11) is 0. The summed E-state index contributed by atoms with van der Waals surface area (Å²) in [6.45, 7) is 6.98. The summed E-state index contributed by atoms with van der Waals surface area (Å²) < 4.78 is 3.41. The lowest BCUT2D eigenvalue weighted by molar-refractivity contribution is 0.174. The Morgan fingerprint density at radius 1 is 1.16 bits per heavy atom. The van der Waals surface area contributed by atoms with Gasteiger partial charge in [0.05, 0.1) is 17.1 Å². The van der Waals surface area contributed by atoms with Gasteiger partial charge in [-0.15, -0.1) is 0 Å². The topological polar surface area (TPSA) is 47.2 Å². The van der Waals surface area contributed by atoms with Gasteiger partial charge in [0.1, 0.15) is 0 Å². The molecular formula is C14H19ClN2O2. The average Bonchev–Trinajstić information content (AvgIpc) is 2.67. The first-order valence-corrected chi connectivity index (χ1v) is 7.03. The lowest BCUT2D eigenvalue weighted by atomic mass is 10.1. The monoisotopic (exact) mass is 282 g/mol. The van der Waals surface area contributed by atoms with Crippen LogP contribution in [0.15, 0.2) is 16.9 Å². The number of rotatable bonds is 4. The van der Waals surface area contributed by atoms with Gasteiger partial charge in [-0.25, -0.2) is 4.79 Å². The molecule has 0 aliphatic heterocycles. The third-order valence-electron chi connectivity index (χ3n) is 3.52. The zero-order valence-electron chi connectivity index (χ0n) is 11.5. The van der Waals surface area contributed by atoms with Crippen molar-refractivity contribution in [3.63, 3.8) is 0 Å². The number of nitrogens with zero attached hydrogens (tertiary/aromatic N) is 2. The number of hydrogen-bond acceptors (Lipinski definition) is 2. The summed E-state index contributed by atoms with van der Waals surface area (Å²) in [4.78, 5) is 12.2. The van der Waals surface area contributed by atoms with Crippen LogP contribution in [0.1, 0.15) is 38.9 Å². The Bertz CT molecular complexity index is 657. The minimum atomic E-state index is -0.595. The zero-order chi connectivity index (χ0) is 14.2. The number of benzene rings is 1. The van der Waals surface area contributed by atoms with Crippen molar-refractivity contribution in [2.75, 3.05) is 0 Å². The van der Waals surface area contributed by atoms with E-state index >= 15 is 0 Å². The Morgan fingerprint density at radius 3 is 2.16 bits per heavy atom. The maximum atomic E-state index is 12.2. The van der Waals surface area contributed by atoms with Gasteiger partial charge in [-0.05, 0) is 32.4 Å². The first-order valence-electron chi connectivity index (χ1n) is 6.65. The first-order chi connectivity index (χ1) is 9.04. The highest BCUT2D eigenvalue weighted by molar-refractivity contribution is 6.32. The molecule has 1 atom stereocenters. The Kier molecular flexibility index (Phi) is 4.02. The summed E-state index contributed by atoms with van der Waals surface area (Å²) in [5.41, 5.74) is 2.32. The Hall–Kier alpha value is -1.26. The predicted molar refractivity (Wildman–Crippen MR) is 77.8 cm³/mol. The number of aliphatic hydroxyl groups is 1. The molecular weight excluding hydrogens is 264 g/mol. The first kappa shape index (κ1) is 14.2. The molecule has 4 nitrogen and oxygen atoms in total. The molecule has 0 spiro atoms. The van der Waals surface area contributed by atoms with E-state index in [9.17, 15) is 9.90 Å². The van der Waals surface area contributed by atoms with Crippen LogP contribution in [0, 0.1) is 0 Å². The van der Waals surface area contributed by atoms with Crippen LogP contribution in [-0.4, -0.2) is 14.2 Å². The number of imidazole rings is 1. The quantitative estimate of drug-likeness (QED) is 0.937. The van der Waals surface area contributed by atoms with Crippen molar-refractivity contribution >= 4 is 22.6 Å². The SMILES string of the molecule is CCC(O)c1cc2c(cc1Cl)n(CC)c(=O)n2CC. The Morgan fingerprint density at radius 2 is 1.68 bits per heavy atom. The minimum Gasteiger partial charge on any atom is -0.388 e. The van der Waals surface area contributed by atoms with E-state index in [1.807, 2.05) is 26.8 Å². The highest BCUT2D eigenvalue weighted by Gasteiger charge is 2.17. The van der Waals surface area contributed by atoms with Crippen molar-refractivity contribution in [1.29, 1.82) is 0 Å². The fourth-order valence-corrected chi connectivity index (χ4v) is 2.72. The van der Waals surface area contributed by atoms with Gasteiger partial charge >= 0.3 is 5.69 Å². The van der Waals surface area contributed by atoms with Crippen molar-refractivity contribution in [3.8, 4) is 0 Å². The standard InChI is InChI=1S/C14H19ClN2O2/c1-4-13(18)9-7-11-12(8-10(9)15)17(6-3)14(19)16(11)5-2/h7-8,13,18H,4-6H2,1-3H3. The third kappa shape index (κ3) is 2.19. The van der Waals surface area contributed by atoms with E-state index in [1.165, 1.54) is 0 Å². The van der Waals surface area contributed by atoms with Gasteiger partial charge in [0, 0.05) is 23.7 Å². The van der Waals surface area contributed by atoms with Crippen LogP contribution < -0.4 is 5.69 Å². The zero-order valence-corrected chi connectivity index (χ0v) is 12.2. The van der Waals surface area contributed by atoms with Gasteiger partial charge < -0.3 is 5.11 Å². The third-order valence-corrected chi connectivity index (χ3v) is 3.84. The molecule has 0 aliphatic rings. The van der Waals surface area contributed by atoms with Crippen molar-refractivity contribution in [2.45, 2.75) is 46.4 Å². The second-order valence-corrected chi connectivity index (χ2v) is 4.96. The highest BCUT2D eigenvalue weighted by atomic mass is 35.5. The molecule has 1 aromatic carbocycles. The summed E-state index contributed by atoms with van der Waals surface area (Å²) in [6.07, 6.45) is -0.00178. The molecule has 0 radical (unpaired) electrons. The average molecular weight is 283 g/mol. The Labute approximate surface area is 117 Å². The maximum absolute atomic E-state index is 12.2. The van der Waals surface area contributed by atoms with Crippen molar-refractivity contribution in [2.24, 2.45) is 0 Å². The predicted octanol–water partition coefficient (Wildman–Crippen LogP) is 2.94. The lowest BCUT2D eigenvalue weighted by Crippen LogP contribution is -2.23. The van der Waals surface area contributed by atoms with Gasteiger partial charge in [0.15, 0.2) is 0 Å². The summed E-state index contributed by atoms with van der Waals surface area (Å²) in [5.74, 6) is 0. The molecule has 5 heteroatoms. The molecule has 1 unspecified atom stereocenters. The maximum Gasteiger partial charge on any atom is 0.329 e. The van der Waals surface area contributed by atoms with Crippen LogP contribution in [-0.2, 0) is 13.1 Å². The molecule has 2 rings (SSSR count). The van der Waals surface area contributed by atoms with Crippen molar-refractivity contribution < 1.29 is 5.11 Å². The smallest absolute Gasteiger partial charge is 0.329 e. The molecule has 0 fully saturated rings. The molecule has 0 saturated carbocycles. The van der Waals surface area contributed by atoms with E-state index in [4.69, 9.17) is 11.6 Å². The van der Waals surface area contributed by atoms with E-state index in [0.29, 0.717) is 30.1 Å². The molecule has 19 heavy (non-hydrogen) atoms. The fourth-order valence-electron chi connectivity index (χ4n) is 2.44. The van der Waals surface area contributed by atoms with Crippen LogP contribution in [0.25, 0.3) is 11.0 Å². The van der Waals surface area contributed by atoms with Crippen LogP contribution in [0.2, 0.25) is 5.02 Å². The van der Waals surface area contributed by atoms with Gasteiger partial charge in [0.2, 0.25) is 0 Å². The van der Waals surface area contributed by atoms with E-state index < -0.39 is 6.10 Å². The number of aromatic nitrogens is 2. The molecule has 104 valence electrons. The van der Waals surface area contributed by atoms with Gasteiger partial charge in [-0.1, -0.05) is 18.5 Å². The van der Waals surface area contributed by atoms with Crippen molar-refractivity contribution in [3.05, 3.63) is 33.2 Å². The van der Waals surface area contributed by atoms with Crippen LogP contribution in [0.3, 0.4) is 0 Å². The number of halogens is 1. The number of hydrogen-bond donors (Lipinski definition) is 1. The summed E-state index contributed by atoms with van der Waals surface area (Å²) in [6, 6.07) is 3.62. The highest BCUT2D eigenvalue weighted by Crippen LogP contribution is 2.29. The van der Waals surface area contributed by atoms with Crippen LogP contribution in [0.4, 0.5) is 0 Å². The second-order valence-electron chi connectivity index (χ2n) is 4.56. The van der Waals surface area contributed by atoms with E-state index in [2.05, 4.69) is 0 Å². The summed E-state index contributed by atoms with van der Waals surface area (Å²) >= 11 is 6.23. The largest absolute Gasteiger partial charge is 0.388 e. The van der Waals surface area contributed by atoms with E-state index in [-0.39, 0.29) is 5.69 Å². The molecule has 1 heterocycles. The fraction of sp³-hybridized carbons (Fsp3) is 0.500. The van der Waals surface area contributed by atoms with E-state index in [1.54, 1.807) is 15.2 Å². The lowest BCUT2D eigenvalue weighted by Gasteiger charge is -2.11.